The van der Waals surface area contributed by atoms with Gasteiger partial charge in [0.15, 0.2) is 8.32 Å². The van der Waals surface area contributed by atoms with Crippen LogP contribution in [-0.2, 0) is 26.8 Å². The second kappa shape index (κ2) is 12.7. The SMILES string of the molecule is COC(=O)c1ccc(CC[C@H]2C(=O)CC[C@@H]2C=CC(Cc2ccc3ccccc3c2)O[Si](C)(C)C(C)(C)C)cc1. The molecule has 3 aromatic carbocycles. The standard InChI is InChI=1S/C35H44O4Si/c1-35(2,3)40(5,6)39-31(24-26-13-15-27-9-7-8-10-30(27)23-26)20-18-28-19-22-33(36)32(28)21-14-25-11-16-29(17-12-25)34(37)38-4/h7-13,15-18,20,23,28,31-32H,14,19,21-22,24H2,1-6H3/t28-,31?,32+/m0/s1. The van der Waals surface area contributed by atoms with Gasteiger partial charge in [0.2, 0.25) is 0 Å². The van der Waals surface area contributed by atoms with E-state index in [1.54, 1.807) is 12.1 Å². The van der Waals surface area contributed by atoms with Crippen LogP contribution in [-0.4, -0.2) is 33.3 Å². The summed E-state index contributed by atoms with van der Waals surface area (Å²) in [6, 6.07) is 22.7. The van der Waals surface area contributed by atoms with Gasteiger partial charge in [0, 0.05) is 18.8 Å². The smallest absolute Gasteiger partial charge is 0.337 e. The van der Waals surface area contributed by atoms with Gasteiger partial charge in [-0.25, -0.2) is 4.79 Å². The molecule has 1 fully saturated rings. The lowest BCUT2D eigenvalue weighted by Crippen LogP contribution is -2.44. The number of methoxy groups -OCH3 is 1. The van der Waals surface area contributed by atoms with Crippen LogP contribution in [0.4, 0.5) is 0 Å². The van der Waals surface area contributed by atoms with Crippen molar-refractivity contribution in [2.24, 2.45) is 11.8 Å². The average Bonchev–Trinajstić information content (AvgIpc) is 3.28. The van der Waals surface area contributed by atoms with Gasteiger partial charge >= 0.3 is 5.97 Å². The van der Waals surface area contributed by atoms with Crippen molar-refractivity contribution >= 4 is 30.8 Å². The van der Waals surface area contributed by atoms with Crippen molar-refractivity contribution in [2.45, 2.75) is 77.1 Å². The van der Waals surface area contributed by atoms with E-state index in [0.717, 1.165) is 31.2 Å². The Balaban J connectivity index is 1.49. The Bertz CT molecular complexity index is 1350. The Labute approximate surface area is 240 Å². The molecule has 0 aromatic heterocycles. The minimum Gasteiger partial charge on any atom is -0.465 e. The molecule has 1 aliphatic rings. The van der Waals surface area contributed by atoms with E-state index in [0.29, 0.717) is 17.8 Å². The number of ketones is 1. The molecule has 0 saturated heterocycles. The van der Waals surface area contributed by atoms with Crippen molar-refractivity contribution in [3.8, 4) is 0 Å². The highest BCUT2D eigenvalue weighted by atomic mass is 28.4. The summed E-state index contributed by atoms with van der Waals surface area (Å²) >= 11 is 0. The quantitative estimate of drug-likeness (QED) is 0.143. The maximum absolute atomic E-state index is 12.9. The molecule has 3 aromatic rings. The first-order chi connectivity index (χ1) is 19.0. The number of rotatable bonds is 10. The van der Waals surface area contributed by atoms with Gasteiger partial charge in [0.05, 0.1) is 18.8 Å². The summed E-state index contributed by atoms with van der Waals surface area (Å²) in [7, 11) is -0.621. The highest BCUT2D eigenvalue weighted by Crippen LogP contribution is 2.38. The summed E-state index contributed by atoms with van der Waals surface area (Å²) in [5.74, 6) is 0.271. The molecule has 0 heterocycles. The third-order valence-corrected chi connectivity index (χ3v) is 13.4. The Morgan fingerprint density at radius 1 is 1.00 bits per heavy atom. The third kappa shape index (κ3) is 7.38. The van der Waals surface area contributed by atoms with Gasteiger partial charge in [-0.3, -0.25) is 4.79 Å². The van der Waals surface area contributed by atoms with E-state index < -0.39 is 8.32 Å². The molecular formula is C35H44O4Si. The number of carbonyl (C=O) groups is 2. The molecule has 4 rings (SSSR count). The third-order valence-electron chi connectivity index (χ3n) is 8.85. The number of esters is 1. The minimum atomic E-state index is -2.01. The molecule has 0 aliphatic heterocycles. The number of Topliss-reactive ketones (excluding diaryl/α,β-unsaturated/α-hetero) is 1. The zero-order valence-electron chi connectivity index (χ0n) is 24.9. The maximum Gasteiger partial charge on any atom is 0.337 e. The normalized spacial score (nSPS) is 18.9. The van der Waals surface area contributed by atoms with E-state index in [-0.39, 0.29) is 28.9 Å². The zero-order valence-corrected chi connectivity index (χ0v) is 25.9. The molecule has 1 unspecified atom stereocenters. The Morgan fingerprint density at radius 3 is 2.35 bits per heavy atom. The first-order valence-electron chi connectivity index (χ1n) is 14.5. The topological polar surface area (TPSA) is 52.6 Å². The van der Waals surface area contributed by atoms with Crippen molar-refractivity contribution in [1.82, 2.24) is 0 Å². The van der Waals surface area contributed by atoms with Crippen LogP contribution >= 0.6 is 0 Å². The predicted octanol–water partition coefficient (Wildman–Crippen LogP) is 8.34. The Kier molecular flexibility index (Phi) is 9.47. The van der Waals surface area contributed by atoms with Crippen LogP contribution in [0.1, 0.15) is 61.5 Å². The average molecular weight is 557 g/mol. The number of benzene rings is 3. The summed E-state index contributed by atoms with van der Waals surface area (Å²) in [4.78, 5) is 24.6. The van der Waals surface area contributed by atoms with Gasteiger partial charge in [0.1, 0.15) is 5.78 Å². The van der Waals surface area contributed by atoms with Gasteiger partial charge in [-0.15, -0.1) is 0 Å². The highest BCUT2D eigenvalue weighted by Gasteiger charge is 2.39. The number of fused-ring (bicyclic) bond motifs is 1. The summed E-state index contributed by atoms with van der Waals surface area (Å²) in [5, 5.41) is 2.60. The van der Waals surface area contributed by atoms with Crippen LogP contribution in [0.15, 0.2) is 78.9 Å². The fraction of sp³-hybridized carbons (Fsp3) is 0.429. The number of ether oxygens (including phenoxy) is 1. The van der Waals surface area contributed by atoms with Crippen LogP contribution in [0.2, 0.25) is 18.1 Å². The van der Waals surface area contributed by atoms with Gasteiger partial charge in [-0.05, 0) is 77.3 Å². The summed E-state index contributed by atoms with van der Waals surface area (Å²) in [6.07, 6.45) is 8.44. The fourth-order valence-corrected chi connectivity index (χ4v) is 6.63. The van der Waals surface area contributed by atoms with Crippen molar-refractivity contribution in [3.05, 3.63) is 95.6 Å². The van der Waals surface area contributed by atoms with Gasteiger partial charge in [-0.2, -0.15) is 0 Å². The first-order valence-corrected chi connectivity index (χ1v) is 17.4. The number of aryl methyl sites for hydroxylation is 1. The monoisotopic (exact) mass is 556 g/mol. The lowest BCUT2D eigenvalue weighted by molar-refractivity contribution is -0.121. The van der Waals surface area contributed by atoms with Crippen LogP contribution in [0.3, 0.4) is 0 Å². The molecule has 0 spiro atoms. The van der Waals surface area contributed by atoms with E-state index in [9.17, 15) is 9.59 Å². The van der Waals surface area contributed by atoms with Crippen LogP contribution in [0, 0.1) is 11.8 Å². The molecule has 1 saturated carbocycles. The minimum absolute atomic E-state index is 0.0192. The lowest BCUT2D eigenvalue weighted by atomic mass is 9.88. The van der Waals surface area contributed by atoms with Gasteiger partial charge in [0.25, 0.3) is 0 Å². The summed E-state index contributed by atoms with van der Waals surface area (Å²) in [5.41, 5.74) is 2.94. The van der Waals surface area contributed by atoms with Crippen molar-refractivity contribution < 1.29 is 18.8 Å². The second-order valence-electron chi connectivity index (χ2n) is 12.7. The number of hydrogen-bond acceptors (Lipinski definition) is 4. The molecular weight excluding hydrogens is 512 g/mol. The summed E-state index contributed by atoms with van der Waals surface area (Å²) in [6.45, 7) is 11.4. The van der Waals surface area contributed by atoms with E-state index in [2.05, 4.69) is 88.5 Å². The van der Waals surface area contributed by atoms with E-state index in [4.69, 9.17) is 9.16 Å². The maximum atomic E-state index is 12.9. The Hall–Kier alpha value is -3.02. The van der Waals surface area contributed by atoms with Crippen molar-refractivity contribution in [3.63, 3.8) is 0 Å². The van der Waals surface area contributed by atoms with Gasteiger partial charge < -0.3 is 9.16 Å². The molecule has 5 heteroatoms. The van der Waals surface area contributed by atoms with E-state index in [1.807, 2.05) is 12.1 Å². The predicted molar refractivity (Wildman–Crippen MR) is 166 cm³/mol. The molecule has 3 atom stereocenters. The first kappa shape index (κ1) is 29.9. The molecule has 0 radical (unpaired) electrons. The highest BCUT2D eigenvalue weighted by molar-refractivity contribution is 6.74. The Morgan fingerprint density at radius 2 is 1.68 bits per heavy atom. The van der Waals surface area contributed by atoms with Crippen LogP contribution < -0.4 is 0 Å². The molecule has 4 nitrogen and oxygen atoms in total. The van der Waals surface area contributed by atoms with Crippen LogP contribution in [0.25, 0.3) is 10.8 Å². The number of carbonyl (C=O) groups excluding carboxylic acids is 2. The molecule has 0 N–H and O–H groups in total. The van der Waals surface area contributed by atoms with E-state index in [1.165, 1.54) is 23.4 Å². The summed E-state index contributed by atoms with van der Waals surface area (Å²) < 4.78 is 11.7. The van der Waals surface area contributed by atoms with Crippen molar-refractivity contribution in [2.75, 3.05) is 7.11 Å². The lowest BCUT2D eigenvalue weighted by Gasteiger charge is -2.39. The zero-order chi connectivity index (χ0) is 28.9. The molecule has 1 aliphatic carbocycles. The number of hydrogen-bond donors (Lipinski definition) is 0. The van der Waals surface area contributed by atoms with Crippen molar-refractivity contribution in [1.29, 1.82) is 0 Å². The van der Waals surface area contributed by atoms with E-state index >= 15 is 0 Å². The molecule has 40 heavy (non-hydrogen) atoms. The van der Waals surface area contributed by atoms with Gasteiger partial charge in [-0.1, -0.05) is 87.5 Å². The molecule has 0 bridgehead atoms. The number of allylic oxidation sites excluding steroid dienone is 1. The fourth-order valence-electron chi connectivity index (χ4n) is 5.36. The largest absolute Gasteiger partial charge is 0.465 e. The van der Waals surface area contributed by atoms with Crippen LogP contribution in [0.5, 0.6) is 0 Å². The molecule has 0 amide bonds. The second-order valence-corrected chi connectivity index (χ2v) is 17.4. The molecule has 212 valence electrons.